The Hall–Kier alpha value is -1.38. The molecule has 0 aromatic heterocycles. The lowest BCUT2D eigenvalue weighted by molar-refractivity contribution is -0.122. The largest absolute Gasteiger partial charge is 0.347 e. The van der Waals surface area contributed by atoms with Crippen LogP contribution in [0.15, 0.2) is 24.3 Å². The van der Waals surface area contributed by atoms with Crippen molar-refractivity contribution in [2.75, 3.05) is 0 Å². The van der Waals surface area contributed by atoms with Crippen LogP contribution in [0, 0.1) is 5.82 Å². The van der Waals surface area contributed by atoms with Gasteiger partial charge < -0.3 is 5.32 Å². The van der Waals surface area contributed by atoms with E-state index in [-0.39, 0.29) is 11.7 Å². The van der Waals surface area contributed by atoms with E-state index in [1.54, 1.807) is 39.0 Å². The molecule has 2 nitrogen and oxygen atoms in total. The normalized spacial score (nSPS) is 11.2. The molecule has 0 aliphatic heterocycles. The number of hydrogen-bond donors (Lipinski definition) is 1. The first-order valence-electron chi connectivity index (χ1n) is 5.03. The molecule has 1 N–H and O–H groups in total. The van der Waals surface area contributed by atoms with E-state index < -0.39 is 5.54 Å². The van der Waals surface area contributed by atoms with Crippen molar-refractivity contribution in [3.63, 3.8) is 0 Å². The first-order chi connectivity index (χ1) is 6.97. The molecule has 0 spiro atoms. The van der Waals surface area contributed by atoms with Crippen molar-refractivity contribution in [2.45, 2.75) is 32.7 Å². The van der Waals surface area contributed by atoms with E-state index in [1.165, 1.54) is 6.07 Å². The van der Waals surface area contributed by atoms with Gasteiger partial charge in [0.05, 0.1) is 5.54 Å². The predicted molar refractivity (Wildman–Crippen MR) is 57.9 cm³/mol. The SMILES string of the molecule is CCC(=O)NC(C)(C)c1ccccc1F. The number of amides is 1. The van der Waals surface area contributed by atoms with Gasteiger partial charge in [0.1, 0.15) is 5.82 Å². The maximum atomic E-state index is 13.5. The molecule has 1 rings (SSSR count). The van der Waals surface area contributed by atoms with E-state index in [4.69, 9.17) is 0 Å². The molecular formula is C12H16FNO. The van der Waals surface area contributed by atoms with Crippen LogP contribution in [0.2, 0.25) is 0 Å². The number of halogens is 1. The van der Waals surface area contributed by atoms with Crippen molar-refractivity contribution >= 4 is 5.91 Å². The van der Waals surface area contributed by atoms with E-state index in [9.17, 15) is 9.18 Å². The highest BCUT2D eigenvalue weighted by Gasteiger charge is 2.24. The Kier molecular flexibility index (Phi) is 3.45. The molecule has 3 heteroatoms. The van der Waals surface area contributed by atoms with Gasteiger partial charge in [-0.1, -0.05) is 25.1 Å². The number of benzene rings is 1. The maximum Gasteiger partial charge on any atom is 0.220 e. The minimum absolute atomic E-state index is 0.0803. The van der Waals surface area contributed by atoms with Crippen LogP contribution in [0.25, 0.3) is 0 Å². The van der Waals surface area contributed by atoms with Gasteiger partial charge in [-0.05, 0) is 19.9 Å². The van der Waals surface area contributed by atoms with E-state index in [1.807, 2.05) is 0 Å². The number of carbonyl (C=O) groups excluding carboxylic acids is 1. The van der Waals surface area contributed by atoms with Crippen LogP contribution < -0.4 is 5.32 Å². The van der Waals surface area contributed by atoms with Gasteiger partial charge in [0.25, 0.3) is 0 Å². The highest BCUT2D eigenvalue weighted by molar-refractivity contribution is 5.76. The van der Waals surface area contributed by atoms with Gasteiger partial charge in [-0.2, -0.15) is 0 Å². The third-order valence-electron chi connectivity index (χ3n) is 2.32. The summed E-state index contributed by atoms with van der Waals surface area (Å²) in [6.45, 7) is 5.35. The van der Waals surface area contributed by atoms with Gasteiger partial charge in [-0.25, -0.2) is 4.39 Å². The smallest absolute Gasteiger partial charge is 0.220 e. The molecule has 0 bridgehead atoms. The van der Waals surface area contributed by atoms with Gasteiger partial charge in [0, 0.05) is 12.0 Å². The van der Waals surface area contributed by atoms with Crippen molar-refractivity contribution < 1.29 is 9.18 Å². The van der Waals surface area contributed by atoms with Crippen LogP contribution in [0.4, 0.5) is 4.39 Å². The monoisotopic (exact) mass is 209 g/mol. The lowest BCUT2D eigenvalue weighted by Gasteiger charge is -2.27. The summed E-state index contributed by atoms with van der Waals surface area (Å²) in [4.78, 5) is 11.3. The Morgan fingerprint density at radius 1 is 1.40 bits per heavy atom. The Bertz CT molecular complexity index is 360. The van der Waals surface area contributed by atoms with Crippen LogP contribution in [0.3, 0.4) is 0 Å². The van der Waals surface area contributed by atoms with Crippen LogP contribution in [-0.4, -0.2) is 5.91 Å². The summed E-state index contributed by atoms with van der Waals surface area (Å²) in [5.41, 5.74) is -0.162. The summed E-state index contributed by atoms with van der Waals surface area (Å²) in [6, 6.07) is 6.48. The summed E-state index contributed by atoms with van der Waals surface area (Å²) in [6.07, 6.45) is 0.401. The minimum Gasteiger partial charge on any atom is -0.347 e. The molecule has 1 aromatic rings. The molecule has 1 aromatic carbocycles. The number of hydrogen-bond acceptors (Lipinski definition) is 1. The molecule has 0 saturated heterocycles. The van der Waals surface area contributed by atoms with Gasteiger partial charge >= 0.3 is 0 Å². The first-order valence-corrected chi connectivity index (χ1v) is 5.03. The molecule has 0 heterocycles. The van der Waals surface area contributed by atoms with Crippen molar-refractivity contribution in [3.8, 4) is 0 Å². The highest BCUT2D eigenvalue weighted by Crippen LogP contribution is 2.22. The van der Waals surface area contributed by atoms with Crippen LogP contribution in [0.5, 0.6) is 0 Å². The molecular weight excluding hydrogens is 193 g/mol. The molecule has 0 fully saturated rings. The van der Waals surface area contributed by atoms with Gasteiger partial charge in [0.15, 0.2) is 0 Å². The molecule has 0 atom stereocenters. The molecule has 0 aliphatic carbocycles. The molecule has 1 amide bonds. The fourth-order valence-electron chi connectivity index (χ4n) is 1.47. The lowest BCUT2D eigenvalue weighted by atomic mass is 9.93. The minimum atomic E-state index is -0.668. The topological polar surface area (TPSA) is 29.1 Å². The fourth-order valence-corrected chi connectivity index (χ4v) is 1.47. The van der Waals surface area contributed by atoms with Crippen molar-refractivity contribution in [1.29, 1.82) is 0 Å². The van der Waals surface area contributed by atoms with Crippen molar-refractivity contribution in [3.05, 3.63) is 35.6 Å². The molecule has 0 unspecified atom stereocenters. The molecule has 0 radical (unpaired) electrons. The second-order valence-electron chi connectivity index (χ2n) is 4.01. The average Bonchev–Trinajstić information content (AvgIpc) is 2.17. The van der Waals surface area contributed by atoms with E-state index in [2.05, 4.69) is 5.32 Å². The molecule has 15 heavy (non-hydrogen) atoms. The van der Waals surface area contributed by atoms with E-state index in [0.29, 0.717) is 12.0 Å². The predicted octanol–water partition coefficient (Wildman–Crippen LogP) is 2.59. The molecule has 0 saturated carbocycles. The zero-order chi connectivity index (χ0) is 11.5. The summed E-state index contributed by atoms with van der Waals surface area (Å²) >= 11 is 0. The number of rotatable bonds is 3. The summed E-state index contributed by atoms with van der Waals surface area (Å²) in [5, 5.41) is 2.78. The number of nitrogens with one attached hydrogen (secondary N) is 1. The van der Waals surface area contributed by atoms with Crippen LogP contribution in [-0.2, 0) is 10.3 Å². The fraction of sp³-hybridized carbons (Fsp3) is 0.417. The van der Waals surface area contributed by atoms with Crippen molar-refractivity contribution in [1.82, 2.24) is 5.32 Å². The lowest BCUT2D eigenvalue weighted by Crippen LogP contribution is -2.41. The van der Waals surface area contributed by atoms with Crippen LogP contribution in [0.1, 0.15) is 32.8 Å². The van der Waals surface area contributed by atoms with Gasteiger partial charge in [0.2, 0.25) is 5.91 Å². The third kappa shape index (κ3) is 2.78. The Morgan fingerprint density at radius 3 is 2.53 bits per heavy atom. The highest BCUT2D eigenvalue weighted by atomic mass is 19.1. The Labute approximate surface area is 89.5 Å². The van der Waals surface area contributed by atoms with Crippen molar-refractivity contribution in [2.24, 2.45) is 0 Å². The average molecular weight is 209 g/mol. The van der Waals surface area contributed by atoms with Gasteiger partial charge in [-0.15, -0.1) is 0 Å². The second-order valence-corrected chi connectivity index (χ2v) is 4.01. The number of carbonyl (C=O) groups is 1. The summed E-state index contributed by atoms with van der Waals surface area (Å²) in [5.74, 6) is -0.373. The Balaban J connectivity index is 2.95. The maximum absolute atomic E-state index is 13.5. The Morgan fingerprint density at radius 2 is 2.00 bits per heavy atom. The zero-order valence-corrected chi connectivity index (χ0v) is 9.30. The van der Waals surface area contributed by atoms with Gasteiger partial charge in [-0.3, -0.25) is 4.79 Å². The molecule has 82 valence electrons. The summed E-state index contributed by atoms with van der Waals surface area (Å²) < 4.78 is 13.5. The summed E-state index contributed by atoms with van der Waals surface area (Å²) in [7, 11) is 0. The van der Waals surface area contributed by atoms with E-state index >= 15 is 0 Å². The molecule has 0 aliphatic rings. The van der Waals surface area contributed by atoms with Crippen LogP contribution >= 0.6 is 0 Å². The first kappa shape index (κ1) is 11.7. The third-order valence-corrected chi connectivity index (χ3v) is 2.32. The standard InChI is InChI=1S/C12H16FNO/c1-4-11(15)14-12(2,3)9-7-5-6-8-10(9)13/h5-8H,4H2,1-3H3,(H,14,15). The quantitative estimate of drug-likeness (QED) is 0.814. The second kappa shape index (κ2) is 4.43. The van der Waals surface area contributed by atoms with E-state index in [0.717, 1.165) is 0 Å². The zero-order valence-electron chi connectivity index (χ0n) is 9.30.